The molecule has 0 saturated heterocycles. The summed E-state index contributed by atoms with van der Waals surface area (Å²) in [6, 6.07) is 12.3. The lowest BCUT2D eigenvalue weighted by Gasteiger charge is -2.29. The molecule has 2 aromatic carbocycles. The van der Waals surface area contributed by atoms with Gasteiger partial charge in [-0.15, -0.1) is 0 Å². The molecule has 0 aromatic heterocycles. The Kier molecular flexibility index (Phi) is 5.30. The van der Waals surface area contributed by atoms with Gasteiger partial charge in [0.15, 0.2) is 9.84 Å². The summed E-state index contributed by atoms with van der Waals surface area (Å²) in [5.74, 6) is 0.328. The van der Waals surface area contributed by atoms with E-state index in [1.54, 1.807) is 36.4 Å². The van der Waals surface area contributed by atoms with E-state index in [2.05, 4.69) is 0 Å². The predicted molar refractivity (Wildman–Crippen MR) is 105 cm³/mol. The number of anilines is 1. The minimum atomic E-state index is -3.95. The molecule has 1 aliphatic rings. The molecule has 144 valence electrons. The van der Waals surface area contributed by atoms with Crippen molar-refractivity contribution in [1.82, 2.24) is 0 Å². The van der Waals surface area contributed by atoms with E-state index in [1.807, 2.05) is 13.8 Å². The van der Waals surface area contributed by atoms with Crippen LogP contribution in [-0.4, -0.2) is 35.2 Å². The third kappa shape index (κ3) is 4.17. The number of rotatable bonds is 6. The first-order chi connectivity index (χ1) is 12.7. The Morgan fingerprint density at radius 2 is 1.70 bits per heavy atom. The van der Waals surface area contributed by atoms with E-state index in [1.165, 1.54) is 18.2 Å². The van der Waals surface area contributed by atoms with Gasteiger partial charge in [0, 0.05) is 5.41 Å². The zero-order valence-corrected chi connectivity index (χ0v) is 16.7. The average molecular weight is 408 g/mol. The molecule has 0 amide bonds. The lowest BCUT2D eigenvalue weighted by molar-refractivity contribution is 0.340. The maximum atomic E-state index is 13.3. The summed E-state index contributed by atoms with van der Waals surface area (Å²) < 4.78 is 57.0. The Bertz CT molecular complexity index is 1040. The normalized spacial score (nSPS) is 18.4. The van der Waals surface area contributed by atoms with E-state index in [0.717, 1.165) is 15.3 Å². The van der Waals surface area contributed by atoms with Crippen LogP contribution in [-0.2, 0) is 19.9 Å². The topological polar surface area (TPSA) is 80.8 Å². The average Bonchev–Trinajstić information content (AvgIpc) is 2.96. The van der Waals surface area contributed by atoms with Gasteiger partial charge in [0.25, 0.3) is 10.0 Å². The lowest BCUT2D eigenvalue weighted by atomic mass is 10.2. The molecule has 0 bridgehead atoms. The molecule has 6 nitrogen and oxygen atoms in total. The van der Waals surface area contributed by atoms with Crippen LogP contribution in [0.5, 0.6) is 5.75 Å². The Morgan fingerprint density at radius 3 is 2.22 bits per heavy atom. The van der Waals surface area contributed by atoms with Gasteiger partial charge in [-0.3, -0.25) is 4.31 Å². The van der Waals surface area contributed by atoms with E-state index in [-0.39, 0.29) is 10.6 Å². The monoisotopic (exact) mass is 407 g/mol. The van der Waals surface area contributed by atoms with Crippen molar-refractivity contribution in [3.8, 4) is 5.75 Å². The van der Waals surface area contributed by atoms with Gasteiger partial charge in [0.1, 0.15) is 5.75 Å². The number of nitrogens with zero attached hydrogens (tertiary/aromatic N) is 1. The van der Waals surface area contributed by atoms with Crippen LogP contribution < -0.4 is 9.04 Å². The largest absolute Gasteiger partial charge is 0.494 e. The van der Waals surface area contributed by atoms with Gasteiger partial charge >= 0.3 is 0 Å². The maximum absolute atomic E-state index is 13.3. The van der Waals surface area contributed by atoms with Crippen LogP contribution in [0.4, 0.5) is 5.69 Å². The van der Waals surface area contributed by atoms with Crippen LogP contribution >= 0.6 is 0 Å². The van der Waals surface area contributed by atoms with Crippen molar-refractivity contribution in [2.45, 2.75) is 24.8 Å². The molecule has 27 heavy (non-hydrogen) atoms. The number of hydrogen-bond donors (Lipinski definition) is 0. The fourth-order valence-electron chi connectivity index (χ4n) is 2.89. The molecule has 0 unspecified atom stereocenters. The lowest BCUT2D eigenvalue weighted by Crippen LogP contribution is -2.41. The number of ether oxygens (including phenoxy) is 1. The second kappa shape index (κ2) is 7.36. The smallest absolute Gasteiger partial charge is 0.264 e. The fourth-order valence-corrected chi connectivity index (χ4v) is 5.86. The molecule has 8 heteroatoms. The van der Waals surface area contributed by atoms with Crippen molar-refractivity contribution in [2.24, 2.45) is 0 Å². The highest BCUT2D eigenvalue weighted by atomic mass is 32.2. The zero-order valence-electron chi connectivity index (χ0n) is 15.1. The molecule has 1 atom stereocenters. The quantitative estimate of drug-likeness (QED) is 0.735. The molecular formula is C19H21NO5S2. The minimum Gasteiger partial charge on any atom is -0.494 e. The molecule has 0 saturated carbocycles. The van der Waals surface area contributed by atoms with Gasteiger partial charge in [0.05, 0.1) is 29.0 Å². The van der Waals surface area contributed by atoms with Crippen LogP contribution in [0.2, 0.25) is 0 Å². The first-order valence-electron chi connectivity index (χ1n) is 8.48. The fraction of sp³-hybridized carbons (Fsp3) is 0.263. The number of sulfone groups is 1. The van der Waals surface area contributed by atoms with Crippen LogP contribution in [0, 0.1) is 6.92 Å². The molecule has 0 N–H and O–H groups in total. The summed E-state index contributed by atoms with van der Waals surface area (Å²) in [4.78, 5) is 0.111. The van der Waals surface area contributed by atoms with Crippen LogP contribution in [0.3, 0.4) is 0 Å². The third-order valence-corrected chi connectivity index (χ3v) is 7.44. The van der Waals surface area contributed by atoms with Gasteiger partial charge in [-0.25, -0.2) is 16.8 Å². The number of benzene rings is 2. The van der Waals surface area contributed by atoms with Gasteiger partial charge in [-0.05, 0) is 56.3 Å². The van der Waals surface area contributed by atoms with E-state index in [0.29, 0.717) is 18.0 Å². The van der Waals surface area contributed by atoms with Gasteiger partial charge in [-0.2, -0.15) is 0 Å². The van der Waals surface area contributed by atoms with Crippen LogP contribution in [0.15, 0.2) is 64.9 Å². The van der Waals surface area contributed by atoms with E-state index in [9.17, 15) is 16.8 Å². The van der Waals surface area contributed by atoms with Gasteiger partial charge in [-0.1, -0.05) is 17.7 Å². The van der Waals surface area contributed by atoms with Crippen molar-refractivity contribution in [2.75, 3.05) is 16.7 Å². The molecule has 0 spiro atoms. The van der Waals surface area contributed by atoms with Crippen molar-refractivity contribution < 1.29 is 21.6 Å². The molecule has 1 heterocycles. The number of aryl methyl sites for hydroxylation is 1. The number of sulfonamides is 1. The zero-order chi connectivity index (χ0) is 19.7. The molecule has 1 aliphatic heterocycles. The number of hydrogen-bond acceptors (Lipinski definition) is 5. The molecule has 0 fully saturated rings. The summed E-state index contributed by atoms with van der Waals surface area (Å²) >= 11 is 0. The highest BCUT2D eigenvalue weighted by Crippen LogP contribution is 2.31. The second-order valence-corrected chi connectivity index (χ2v) is 10.0. The van der Waals surface area contributed by atoms with Gasteiger partial charge < -0.3 is 4.74 Å². The van der Waals surface area contributed by atoms with Crippen molar-refractivity contribution >= 4 is 25.5 Å². The van der Waals surface area contributed by atoms with Crippen molar-refractivity contribution in [1.29, 1.82) is 0 Å². The van der Waals surface area contributed by atoms with E-state index in [4.69, 9.17) is 4.74 Å². The Labute approximate surface area is 160 Å². The Morgan fingerprint density at radius 1 is 1.07 bits per heavy atom. The Balaban J connectivity index is 2.07. The standard InChI is InChI=1S/C19H21NO5S2/c1-3-25-18-8-6-16(7-9-18)20(17-12-13-26(21,22)14-17)27(23,24)19-10-4-15(2)5-11-19/h4-13,17H,3,14H2,1-2H3/t17-/m1/s1. The first-order valence-corrected chi connectivity index (χ1v) is 11.6. The predicted octanol–water partition coefficient (Wildman–Crippen LogP) is 2.90. The molecule has 0 aliphatic carbocycles. The second-order valence-electron chi connectivity index (χ2n) is 6.27. The van der Waals surface area contributed by atoms with Crippen molar-refractivity contribution in [3.05, 3.63) is 65.6 Å². The van der Waals surface area contributed by atoms with E-state index >= 15 is 0 Å². The summed E-state index contributed by atoms with van der Waals surface area (Å²) in [5.41, 5.74) is 1.32. The SMILES string of the molecule is CCOc1ccc(N([C@@H]2C=CS(=O)(=O)C2)S(=O)(=O)c2ccc(C)cc2)cc1. The summed E-state index contributed by atoms with van der Waals surface area (Å²) in [7, 11) is -7.38. The minimum absolute atomic E-state index is 0.111. The van der Waals surface area contributed by atoms with Crippen molar-refractivity contribution in [3.63, 3.8) is 0 Å². The highest BCUT2D eigenvalue weighted by molar-refractivity contribution is 7.95. The molecule has 0 radical (unpaired) electrons. The van der Waals surface area contributed by atoms with E-state index < -0.39 is 25.9 Å². The third-order valence-electron chi connectivity index (χ3n) is 4.19. The summed E-state index contributed by atoms with van der Waals surface area (Å²) in [6.07, 6.45) is 1.41. The molecule has 2 aromatic rings. The summed E-state index contributed by atoms with van der Waals surface area (Å²) in [5, 5.41) is 1.07. The van der Waals surface area contributed by atoms with Crippen LogP contribution in [0.25, 0.3) is 0 Å². The molecular weight excluding hydrogens is 386 g/mol. The molecule has 3 rings (SSSR count). The summed E-state index contributed by atoms with van der Waals surface area (Å²) in [6.45, 7) is 4.22. The Hall–Kier alpha value is -2.32. The highest BCUT2D eigenvalue weighted by Gasteiger charge is 2.35. The first kappa shape index (κ1) is 19.4. The maximum Gasteiger partial charge on any atom is 0.264 e. The van der Waals surface area contributed by atoms with Gasteiger partial charge in [0.2, 0.25) is 0 Å². The van der Waals surface area contributed by atoms with Crippen LogP contribution in [0.1, 0.15) is 12.5 Å².